The normalized spacial score (nSPS) is 11.2. The minimum atomic E-state index is -3.70. The predicted molar refractivity (Wildman–Crippen MR) is 514 cm³/mol. The first-order chi connectivity index (χ1) is 63.6. The summed E-state index contributed by atoms with van der Waals surface area (Å²) in [6, 6.07) is 55.6. The molecule has 1 saturated heterocycles. The maximum Gasteiger partial charge on any atom is 0.373 e. The molecular weight excluding hydrogens is 1910 g/mol. The van der Waals surface area contributed by atoms with E-state index in [0.29, 0.717) is 82.7 Å². The number of rotatable bonds is 18. The number of fused-ring (bicyclic) bond motifs is 1. The summed E-state index contributed by atoms with van der Waals surface area (Å²) in [5, 5.41) is 86.8. The summed E-state index contributed by atoms with van der Waals surface area (Å²) in [6.45, 7) is 17.2. The summed E-state index contributed by atoms with van der Waals surface area (Å²) in [6.07, 6.45) is 8.05. The molecule has 43 heteroatoms. The number of furan rings is 1. The van der Waals surface area contributed by atoms with Crippen LogP contribution in [0.15, 0.2) is 248 Å². The number of nitrogens with two attached hydrogens (primary N) is 2. The number of nitrogens with zero attached hydrogens (tertiary/aromatic N) is 5. The van der Waals surface area contributed by atoms with Crippen LogP contribution in [-0.4, -0.2) is 150 Å². The van der Waals surface area contributed by atoms with Gasteiger partial charge in [0, 0.05) is 103 Å². The van der Waals surface area contributed by atoms with Crippen LogP contribution in [0.2, 0.25) is 15.1 Å². The van der Waals surface area contributed by atoms with Crippen LogP contribution < -0.4 is 36.6 Å². The second-order valence-electron chi connectivity index (χ2n) is 30.1. The zero-order valence-corrected chi connectivity index (χ0v) is 78.7. The summed E-state index contributed by atoms with van der Waals surface area (Å²) in [5.41, 5.74) is 15.9. The van der Waals surface area contributed by atoms with Crippen molar-refractivity contribution >= 4 is 178 Å². The van der Waals surface area contributed by atoms with Crippen LogP contribution in [0.1, 0.15) is 172 Å². The molecule has 18 N–H and O–H groups in total. The van der Waals surface area contributed by atoms with Gasteiger partial charge in [-0.3, -0.25) is 18.5 Å². The molecule has 0 spiro atoms. The molecule has 0 saturated carbocycles. The third-order valence-corrected chi connectivity index (χ3v) is 22.8. The van der Waals surface area contributed by atoms with Gasteiger partial charge in [0.1, 0.15) is 57.1 Å². The number of phenols is 1. The van der Waals surface area contributed by atoms with Crippen LogP contribution >= 0.6 is 57.9 Å². The van der Waals surface area contributed by atoms with E-state index in [4.69, 9.17) is 96.2 Å². The van der Waals surface area contributed by atoms with E-state index in [1.54, 1.807) is 141 Å². The number of pyridine rings is 3. The number of aromatic amines is 1. The zero-order chi connectivity index (χ0) is 100. The minimum absolute atomic E-state index is 0. The molecular formula is C93H89Cl3N11O25S4-. The number of aromatic nitrogens is 4. The lowest BCUT2D eigenvalue weighted by Gasteiger charge is -2.28. The number of carbonyl (C=O) groups excluding carboxylic acids is 3. The molecule has 14 rings (SSSR count). The average molecular weight is 2000 g/mol. The highest BCUT2D eigenvalue weighted by Crippen LogP contribution is 2.39. The Kier molecular flexibility index (Phi) is 42.9. The largest absolute Gasteiger partial charge is 0.755 e. The Morgan fingerprint density at radius 3 is 1.70 bits per heavy atom. The predicted octanol–water partition coefficient (Wildman–Crippen LogP) is 17.6. The number of H-pyrrole nitrogens is 1. The van der Waals surface area contributed by atoms with Gasteiger partial charge in [-0.25, -0.2) is 56.9 Å². The number of piperidine rings is 1. The number of sulfonamides is 1. The van der Waals surface area contributed by atoms with Crippen LogP contribution in [0.5, 0.6) is 5.75 Å². The van der Waals surface area contributed by atoms with Crippen molar-refractivity contribution in [2.24, 2.45) is 0 Å². The van der Waals surface area contributed by atoms with Crippen molar-refractivity contribution in [1.82, 2.24) is 19.9 Å². The molecule has 13 aromatic rings. The second kappa shape index (κ2) is 52.3. The van der Waals surface area contributed by atoms with Gasteiger partial charge in [0.15, 0.2) is 5.13 Å². The van der Waals surface area contributed by atoms with E-state index >= 15 is 0 Å². The number of carboxylic acids is 7. The zero-order valence-electron chi connectivity index (χ0n) is 73.2. The lowest BCUT2D eigenvalue weighted by Crippen LogP contribution is -2.31. The molecule has 1 aliphatic heterocycles. The summed E-state index contributed by atoms with van der Waals surface area (Å²) < 4.78 is 54.8. The fourth-order valence-electron chi connectivity index (χ4n) is 11.7. The fourth-order valence-corrected chi connectivity index (χ4v) is 15.5. The number of nitrogen functional groups attached to an aromatic ring is 2. The number of benzene rings is 8. The van der Waals surface area contributed by atoms with Gasteiger partial charge in [0.2, 0.25) is 5.43 Å². The highest BCUT2D eigenvalue weighted by Gasteiger charge is 2.28. The van der Waals surface area contributed by atoms with Crippen molar-refractivity contribution in [3.63, 3.8) is 0 Å². The minimum Gasteiger partial charge on any atom is -0.755 e. The van der Waals surface area contributed by atoms with Gasteiger partial charge in [-0.2, -0.15) is 14.9 Å². The van der Waals surface area contributed by atoms with E-state index in [1.807, 2.05) is 70.5 Å². The Morgan fingerprint density at radius 1 is 0.610 bits per heavy atom. The highest BCUT2D eigenvalue weighted by molar-refractivity contribution is 7.99. The number of halogens is 3. The van der Waals surface area contributed by atoms with Gasteiger partial charge < -0.3 is 86.7 Å². The van der Waals surface area contributed by atoms with Gasteiger partial charge in [0.05, 0.1) is 48.3 Å². The van der Waals surface area contributed by atoms with E-state index in [1.165, 1.54) is 90.4 Å². The van der Waals surface area contributed by atoms with E-state index < -0.39 is 68.5 Å². The first kappa shape index (κ1) is 111. The van der Waals surface area contributed by atoms with E-state index in [0.717, 1.165) is 59.8 Å². The monoisotopic (exact) mass is 1990 g/mol. The molecule has 136 heavy (non-hydrogen) atoms. The van der Waals surface area contributed by atoms with E-state index in [9.17, 15) is 70.5 Å². The van der Waals surface area contributed by atoms with Crippen LogP contribution in [0.4, 0.5) is 33.7 Å². The van der Waals surface area contributed by atoms with Crippen molar-refractivity contribution in [2.75, 3.05) is 44.2 Å². The summed E-state index contributed by atoms with van der Waals surface area (Å²) in [4.78, 5) is 134. The Morgan fingerprint density at radius 2 is 1.17 bits per heavy atom. The van der Waals surface area contributed by atoms with Crippen molar-refractivity contribution in [3.8, 4) is 23.1 Å². The van der Waals surface area contributed by atoms with Gasteiger partial charge >= 0.3 is 47.9 Å². The first-order valence-electron chi connectivity index (χ1n) is 39.3. The number of amides is 1. The lowest BCUT2D eigenvalue weighted by atomic mass is 9.79. The molecule has 1 fully saturated rings. The average Bonchev–Trinajstić information content (AvgIpc) is 0.791. The number of carboxylic acid groups (broad SMARTS) is 7. The van der Waals surface area contributed by atoms with E-state index in [2.05, 4.69) is 40.9 Å². The third-order valence-electron chi connectivity index (χ3n) is 18.2. The molecule has 5 aromatic heterocycles. The molecule has 1 unspecified atom stereocenters. The Bertz CT molecular complexity index is 6680. The quantitative estimate of drug-likeness (QED) is 0.0280. The molecule has 0 aliphatic carbocycles. The van der Waals surface area contributed by atoms with Crippen LogP contribution in [0.3, 0.4) is 0 Å². The number of nitrogens with one attached hydrogen (secondary N) is 4. The van der Waals surface area contributed by atoms with Gasteiger partial charge in [-0.05, 0) is 201 Å². The number of nitriles is 1. The number of hydrogen-bond acceptors (Lipinski definition) is 26. The number of aryl methyl sites for hydroxylation is 2. The highest BCUT2D eigenvalue weighted by atomic mass is 35.5. The number of anilines is 6. The van der Waals surface area contributed by atoms with Crippen molar-refractivity contribution in [2.45, 2.75) is 100 Å². The Labute approximate surface area is 803 Å². The van der Waals surface area contributed by atoms with Crippen molar-refractivity contribution in [1.29, 1.82) is 5.26 Å². The van der Waals surface area contributed by atoms with Gasteiger partial charge in [-0.15, -0.1) is 11.3 Å². The first-order valence-corrected chi connectivity index (χ1v) is 44.7. The maximum absolute atomic E-state index is 12.2. The topological polar surface area (TPSA) is 638 Å². The smallest absolute Gasteiger partial charge is 0.373 e. The van der Waals surface area contributed by atoms with Gasteiger partial charge in [0.25, 0.3) is 15.9 Å². The summed E-state index contributed by atoms with van der Waals surface area (Å²) in [7, 11) is -3.70. The fraction of sp³-hybridized carbons (Fsp3) is 0.161. The maximum atomic E-state index is 12.2. The summed E-state index contributed by atoms with van der Waals surface area (Å²) in [5.74, 6) is -6.30. The van der Waals surface area contributed by atoms with Crippen LogP contribution in [0.25, 0.3) is 22.4 Å². The van der Waals surface area contributed by atoms with E-state index in [-0.39, 0.29) is 88.1 Å². The number of carbonyl (C=O) groups is 8. The number of hydrogen-bond donors (Lipinski definition) is 14. The Hall–Kier alpha value is -15.2. The standard InChI is InChI=1S/C16H13N3O3S2.C15H22O3.C14H9NO2S.C12H9ClO3.C11H14N2O2.C10H8N2O3.C7H5Cl2NO4S.C7H8N2O2.CO2.H2O/c20-15(12-4-2-1-3-5-12)18-13-6-8-14(9-7-13)24(21,22)19-16-17-10-11-23-16;1-14(2,3)9-7-10(13(17)18)12(16)11(8-9)15(4,5)6;15-9-10-5-1-3-7-12(10)18-13-8-4-2-6-11(13)14(16)17;1-7-10(12(14)15)6-11(16-7)8-2-4-9(13)5-3-8;14-11(15)9-5-4-6-12-10(9)13-7-2-1-3-8-13;1-5-2-3-6-8(13)7(10(14)15)4-11-9(6)12-5;8-4-2-5(9)6(10-15(13)14)1-3(4)7(11)12;8-5-1-4(7(10)11)2-6(9)3-5;2-1-3;/h1-11H,(H,17,19)(H,18,20);7-8,16H,1-6H3,(H,17,18);1-8H,(H,16,17);2-6H,1H3,(H,14,15);4-6H,1-3,7-8H2,(H,14,15);2-4H,1H3,(H,14,15)(H,11,12,13);1-2,10H,(H,11,12)(H,13,14);1-3H,8-9H2,(H,10,11);;1H2/p-1. The van der Waals surface area contributed by atoms with Crippen LogP contribution in [-0.2, 0) is 41.7 Å². The molecule has 712 valence electrons. The molecule has 0 bridgehead atoms. The summed E-state index contributed by atoms with van der Waals surface area (Å²) >= 11 is 16.9. The molecule has 0 radical (unpaired) electrons. The number of thiazole rings is 1. The molecule has 1 atom stereocenters. The third kappa shape index (κ3) is 34.2. The lowest BCUT2D eigenvalue weighted by molar-refractivity contribution is -0.191. The van der Waals surface area contributed by atoms with Crippen molar-refractivity contribution in [3.05, 3.63) is 322 Å². The molecule has 6 heterocycles. The second-order valence-corrected chi connectivity index (χ2v) is 35.6. The van der Waals surface area contributed by atoms with Crippen molar-refractivity contribution < 1.29 is 116 Å². The SMILES string of the molecule is CC(C)(C)c1cc(C(=O)O)c(O)c(C(C)(C)C)c1.Cc1ccc2c(=O)c(C(=O)O)c[nH]c2n1.Cc1oc(-c2ccc(Cl)cc2)cc1C(=O)O.N#Cc1ccccc1Sc1ccccc1C(=O)O.Nc1cc(N)cc(C(=O)O)c1.O.O=C(Nc1ccc(S(=O)(=O)Nc2nccs2)cc1)c1ccccc1.O=C(O)c1cc(NS(=O)[O-])c(Cl)cc1Cl.O=C(O)c1cccnc1N1CCCCC1.O=C=O. The molecule has 36 nitrogen and oxygen atoms in total. The molecule has 1 amide bonds. The molecule has 8 aromatic carbocycles. The Balaban J connectivity index is 0.000000275. The molecule has 1 aliphatic rings. The van der Waals surface area contributed by atoms with Crippen LogP contribution in [0, 0.1) is 25.2 Å². The van der Waals surface area contributed by atoms with Gasteiger partial charge in [-0.1, -0.05) is 137 Å². The number of aromatic hydroxyl groups is 1. The number of aromatic carboxylic acids is 7.